The van der Waals surface area contributed by atoms with Gasteiger partial charge in [0.15, 0.2) is 0 Å². The van der Waals surface area contributed by atoms with Crippen LogP contribution in [0, 0.1) is 10.1 Å². The molecular weight excluding hydrogens is 405 g/mol. The number of para-hydroxylation sites is 1. The van der Waals surface area contributed by atoms with Crippen LogP contribution in [0.2, 0.25) is 10.0 Å². The highest BCUT2D eigenvalue weighted by molar-refractivity contribution is 6.35. The summed E-state index contributed by atoms with van der Waals surface area (Å²) in [6.07, 6.45) is -0.219. The van der Waals surface area contributed by atoms with Gasteiger partial charge < -0.3 is 10.2 Å². The molecule has 2 aromatic rings. The Morgan fingerprint density at radius 1 is 1.18 bits per heavy atom. The van der Waals surface area contributed by atoms with E-state index in [2.05, 4.69) is 5.32 Å². The summed E-state index contributed by atoms with van der Waals surface area (Å²) in [6, 6.07) is 10.1. The molecule has 0 unspecified atom stereocenters. The van der Waals surface area contributed by atoms with Crippen LogP contribution >= 0.6 is 23.2 Å². The van der Waals surface area contributed by atoms with Crippen molar-refractivity contribution in [3.05, 3.63) is 73.8 Å². The van der Waals surface area contributed by atoms with Gasteiger partial charge in [0.05, 0.1) is 11.3 Å². The molecule has 7 nitrogen and oxygen atoms in total. The van der Waals surface area contributed by atoms with Crippen LogP contribution in [0.5, 0.6) is 0 Å². The molecule has 0 aromatic heterocycles. The van der Waals surface area contributed by atoms with E-state index in [0.717, 1.165) is 0 Å². The van der Waals surface area contributed by atoms with Gasteiger partial charge in [-0.3, -0.25) is 19.7 Å². The molecule has 0 fully saturated rings. The Bertz CT molecular complexity index is 904. The van der Waals surface area contributed by atoms with Gasteiger partial charge in [-0.2, -0.15) is 0 Å². The van der Waals surface area contributed by atoms with Gasteiger partial charge in [-0.15, -0.1) is 0 Å². The first-order chi connectivity index (χ1) is 13.2. The van der Waals surface area contributed by atoms with Crippen molar-refractivity contribution in [2.24, 2.45) is 0 Å². The van der Waals surface area contributed by atoms with Crippen LogP contribution in [-0.2, 0) is 22.6 Å². The minimum Gasteiger partial charge on any atom is -0.357 e. The van der Waals surface area contributed by atoms with E-state index < -0.39 is 16.9 Å². The van der Waals surface area contributed by atoms with Crippen molar-refractivity contribution in [3.8, 4) is 0 Å². The number of rotatable bonds is 7. The first-order valence-electron chi connectivity index (χ1n) is 8.42. The molecule has 9 heteroatoms. The number of nitrogens with zero attached hydrogens (tertiary/aromatic N) is 2. The molecule has 0 saturated carbocycles. The maximum atomic E-state index is 13.0. The number of benzene rings is 2. The number of amides is 2. The van der Waals surface area contributed by atoms with Crippen molar-refractivity contribution >= 4 is 40.7 Å². The number of nitro groups is 1. The zero-order chi connectivity index (χ0) is 20.8. The van der Waals surface area contributed by atoms with Gasteiger partial charge >= 0.3 is 0 Å². The maximum absolute atomic E-state index is 13.0. The Balaban J connectivity index is 2.34. The third-order valence-electron chi connectivity index (χ3n) is 4.30. The summed E-state index contributed by atoms with van der Waals surface area (Å²) in [6.45, 7) is 1.64. The number of nitro benzene ring substituents is 1. The van der Waals surface area contributed by atoms with Crippen LogP contribution in [0.4, 0.5) is 5.69 Å². The monoisotopic (exact) mass is 423 g/mol. The molecular formula is C19H19Cl2N3O4. The van der Waals surface area contributed by atoms with Gasteiger partial charge in [0.2, 0.25) is 11.8 Å². The molecule has 1 N–H and O–H groups in total. The highest BCUT2D eigenvalue weighted by Crippen LogP contribution is 2.24. The molecule has 1 atom stereocenters. The molecule has 28 heavy (non-hydrogen) atoms. The Kier molecular flexibility index (Phi) is 7.37. The first kappa shape index (κ1) is 21.7. The Hall–Kier alpha value is -2.64. The largest absolute Gasteiger partial charge is 0.357 e. The lowest BCUT2D eigenvalue weighted by Gasteiger charge is -2.28. The summed E-state index contributed by atoms with van der Waals surface area (Å²) < 4.78 is 0. The lowest BCUT2D eigenvalue weighted by Crippen LogP contribution is -2.47. The summed E-state index contributed by atoms with van der Waals surface area (Å²) in [5, 5.41) is 14.5. The van der Waals surface area contributed by atoms with Crippen molar-refractivity contribution in [1.82, 2.24) is 10.2 Å². The minimum absolute atomic E-state index is 0.0596. The number of likely N-dealkylation sites (N-methyl/N-ethyl adjacent to an activating group) is 1. The smallest absolute Gasteiger partial charge is 0.273 e. The van der Waals surface area contributed by atoms with E-state index >= 15 is 0 Å². The molecule has 2 aromatic carbocycles. The molecule has 0 saturated heterocycles. The Morgan fingerprint density at radius 2 is 1.86 bits per heavy atom. The van der Waals surface area contributed by atoms with Gasteiger partial charge in [-0.1, -0.05) is 47.5 Å². The highest BCUT2D eigenvalue weighted by atomic mass is 35.5. The van der Waals surface area contributed by atoms with Crippen LogP contribution in [-0.4, -0.2) is 34.7 Å². The van der Waals surface area contributed by atoms with E-state index in [-0.39, 0.29) is 30.1 Å². The lowest BCUT2D eigenvalue weighted by atomic mass is 10.1. The number of halogens is 2. The van der Waals surface area contributed by atoms with Gasteiger partial charge in [-0.05, 0) is 24.6 Å². The highest BCUT2D eigenvalue weighted by Gasteiger charge is 2.27. The lowest BCUT2D eigenvalue weighted by molar-refractivity contribution is -0.385. The van der Waals surface area contributed by atoms with Crippen molar-refractivity contribution < 1.29 is 14.5 Å². The molecule has 2 rings (SSSR count). The van der Waals surface area contributed by atoms with Gasteiger partial charge in [0.25, 0.3) is 5.69 Å². The van der Waals surface area contributed by atoms with Crippen molar-refractivity contribution in [1.29, 1.82) is 0 Å². The van der Waals surface area contributed by atoms with Crippen molar-refractivity contribution in [2.45, 2.75) is 25.9 Å². The molecule has 2 amide bonds. The van der Waals surface area contributed by atoms with E-state index in [1.807, 2.05) is 0 Å². The normalized spacial score (nSPS) is 11.6. The fourth-order valence-electron chi connectivity index (χ4n) is 2.73. The van der Waals surface area contributed by atoms with E-state index in [1.54, 1.807) is 31.2 Å². The second kappa shape index (κ2) is 9.52. The zero-order valence-electron chi connectivity index (χ0n) is 15.3. The Labute approximate surface area is 172 Å². The van der Waals surface area contributed by atoms with Crippen molar-refractivity contribution in [2.75, 3.05) is 7.05 Å². The van der Waals surface area contributed by atoms with Crippen LogP contribution in [0.15, 0.2) is 42.5 Å². The van der Waals surface area contributed by atoms with Crippen molar-refractivity contribution in [3.63, 3.8) is 0 Å². The number of nitrogens with one attached hydrogen (secondary N) is 1. The predicted molar refractivity (Wildman–Crippen MR) is 107 cm³/mol. The second-order valence-corrected chi connectivity index (χ2v) is 6.95. The van der Waals surface area contributed by atoms with Gasteiger partial charge in [0.1, 0.15) is 6.04 Å². The average molecular weight is 424 g/mol. The number of carbonyl (C=O) groups excluding carboxylic acids is 2. The van der Waals surface area contributed by atoms with Crippen LogP contribution in [0.25, 0.3) is 0 Å². The predicted octanol–water partition coefficient (Wildman–Crippen LogP) is 3.61. The molecule has 0 heterocycles. The topological polar surface area (TPSA) is 92.6 Å². The summed E-state index contributed by atoms with van der Waals surface area (Å²) in [4.78, 5) is 37.2. The van der Waals surface area contributed by atoms with Crippen LogP contribution < -0.4 is 5.32 Å². The summed E-state index contributed by atoms with van der Waals surface area (Å²) >= 11 is 12.1. The van der Waals surface area contributed by atoms with Crippen LogP contribution in [0.3, 0.4) is 0 Å². The molecule has 148 valence electrons. The SMILES string of the molecule is CNC(=O)[C@H](C)N(Cc1ccc(Cl)cc1Cl)C(=O)Cc1ccccc1[N+](=O)[O-]. The third kappa shape index (κ3) is 5.21. The molecule has 0 aliphatic rings. The summed E-state index contributed by atoms with van der Waals surface area (Å²) in [5.41, 5.74) is 0.736. The maximum Gasteiger partial charge on any atom is 0.273 e. The molecule has 0 radical (unpaired) electrons. The third-order valence-corrected chi connectivity index (χ3v) is 4.89. The number of hydrogen-bond donors (Lipinski definition) is 1. The molecule has 0 spiro atoms. The average Bonchev–Trinajstić information content (AvgIpc) is 2.66. The fraction of sp³-hybridized carbons (Fsp3) is 0.263. The number of hydrogen-bond acceptors (Lipinski definition) is 4. The Morgan fingerprint density at radius 3 is 2.46 bits per heavy atom. The van der Waals surface area contributed by atoms with Crippen LogP contribution in [0.1, 0.15) is 18.1 Å². The molecule has 0 aliphatic heterocycles. The quantitative estimate of drug-likeness (QED) is 0.543. The first-order valence-corrected chi connectivity index (χ1v) is 9.17. The van der Waals surface area contributed by atoms with Gasteiger partial charge in [-0.25, -0.2) is 0 Å². The van der Waals surface area contributed by atoms with E-state index in [1.165, 1.54) is 30.1 Å². The number of carbonyl (C=O) groups is 2. The fourth-order valence-corrected chi connectivity index (χ4v) is 3.20. The molecule has 0 aliphatic carbocycles. The molecule has 0 bridgehead atoms. The van der Waals surface area contributed by atoms with E-state index in [9.17, 15) is 19.7 Å². The summed E-state index contributed by atoms with van der Waals surface area (Å²) in [5.74, 6) is -0.794. The second-order valence-electron chi connectivity index (χ2n) is 6.11. The van der Waals surface area contributed by atoms with E-state index in [4.69, 9.17) is 23.2 Å². The zero-order valence-corrected chi connectivity index (χ0v) is 16.8. The van der Waals surface area contributed by atoms with Gasteiger partial charge in [0, 0.05) is 35.3 Å². The standard InChI is InChI=1S/C19H19Cl2N3O4/c1-12(19(26)22-2)23(11-14-7-8-15(20)10-16(14)21)18(25)9-13-5-3-4-6-17(13)24(27)28/h3-8,10,12H,9,11H2,1-2H3,(H,22,26)/t12-/m0/s1. The summed E-state index contributed by atoms with van der Waals surface area (Å²) in [7, 11) is 1.47. The minimum atomic E-state index is -0.799. The van der Waals surface area contributed by atoms with E-state index in [0.29, 0.717) is 15.6 Å².